The summed E-state index contributed by atoms with van der Waals surface area (Å²) in [5.74, 6) is -4.15. The summed E-state index contributed by atoms with van der Waals surface area (Å²) in [7, 11) is 0. The number of carboxylic acids is 1. The molecule has 172 valence electrons. The molecule has 3 aromatic rings. The van der Waals surface area contributed by atoms with Gasteiger partial charge in [-0.25, -0.2) is 14.2 Å². The Hall–Kier alpha value is -3.74. The lowest BCUT2D eigenvalue weighted by Crippen LogP contribution is -2.50. The van der Waals surface area contributed by atoms with E-state index in [9.17, 15) is 27.2 Å². The molecule has 0 radical (unpaired) electrons. The maximum Gasteiger partial charge on any atom is 0.573 e. The highest BCUT2D eigenvalue weighted by atomic mass is 32.1. The average molecular weight is 483 g/mol. The zero-order chi connectivity index (χ0) is 23.8. The zero-order valence-corrected chi connectivity index (χ0v) is 17.2. The Morgan fingerprint density at radius 2 is 2.06 bits per heavy atom. The molecule has 0 saturated carbocycles. The van der Waals surface area contributed by atoms with Crippen molar-refractivity contribution >= 4 is 23.2 Å². The van der Waals surface area contributed by atoms with Crippen molar-refractivity contribution in [2.24, 2.45) is 0 Å². The first-order valence-electron chi connectivity index (χ1n) is 9.24. The predicted octanol–water partition coefficient (Wildman–Crippen LogP) is 3.73. The minimum atomic E-state index is -5.09. The summed E-state index contributed by atoms with van der Waals surface area (Å²) in [6, 6.07) is 5.95. The second-order valence-corrected chi connectivity index (χ2v) is 7.70. The summed E-state index contributed by atoms with van der Waals surface area (Å²) in [6.07, 6.45) is -3.62. The largest absolute Gasteiger partial charge is 0.573 e. The van der Waals surface area contributed by atoms with E-state index in [2.05, 4.69) is 20.0 Å². The lowest BCUT2D eigenvalue weighted by molar-refractivity contribution is -0.275. The number of amides is 1. The smallest absolute Gasteiger partial charge is 0.491 e. The number of aromatic nitrogens is 2. The van der Waals surface area contributed by atoms with Crippen molar-refractivity contribution in [2.45, 2.75) is 18.3 Å². The fourth-order valence-corrected chi connectivity index (χ4v) is 4.08. The zero-order valence-electron chi connectivity index (χ0n) is 16.4. The number of hydrogen-bond donors (Lipinski definition) is 2. The number of pyridine rings is 1. The van der Waals surface area contributed by atoms with Crippen LogP contribution in [0.2, 0.25) is 0 Å². The van der Waals surface area contributed by atoms with Crippen molar-refractivity contribution in [3.63, 3.8) is 0 Å². The van der Waals surface area contributed by atoms with Gasteiger partial charge in [-0.05, 0) is 29.8 Å². The Kier molecular flexibility index (Phi) is 5.66. The summed E-state index contributed by atoms with van der Waals surface area (Å²) < 4.78 is 61.5. The van der Waals surface area contributed by atoms with E-state index < -0.39 is 35.3 Å². The summed E-state index contributed by atoms with van der Waals surface area (Å²) in [6.45, 7) is 0.0683. The molecule has 1 atom stereocenters. The van der Waals surface area contributed by atoms with E-state index in [1.54, 1.807) is 12.1 Å². The molecule has 1 unspecified atom stereocenters. The van der Waals surface area contributed by atoms with Gasteiger partial charge in [-0.15, -0.1) is 24.5 Å². The summed E-state index contributed by atoms with van der Waals surface area (Å²) in [4.78, 5) is 32.1. The van der Waals surface area contributed by atoms with Gasteiger partial charge in [0.05, 0.1) is 6.61 Å². The number of alkyl halides is 3. The first-order valence-corrected chi connectivity index (χ1v) is 10.1. The Morgan fingerprint density at radius 1 is 1.27 bits per heavy atom. The minimum Gasteiger partial charge on any atom is -0.491 e. The number of thiazole rings is 1. The van der Waals surface area contributed by atoms with Gasteiger partial charge in [-0.2, -0.15) is 0 Å². The van der Waals surface area contributed by atoms with Crippen molar-refractivity contribution in [3.8, 4) is 11.5 Å². The van der Waals surface area contributed by atoms with Crippen LogP contribution in [0.5, 0.6) is 11.5 Å². The Morgan fingerprint density at radius 3 is 2.73 bits per heavy atom. The van der Waals surface area contributed by atoms with Gasteiger partial charge in [-0.1, -0.05) is 6.07 Å². The van der Waals surface area contributed by atoms with E-state index in [1.165, 1.54) is 17.6 Å². The van der Waals surface area contributed by atoms with Gasteiger partial charge in [0.1, 0.15) is 22.7 Å². The molecule has 0 aliphatic carbocycles. The quantitative estimate of drug-likeness (QED) is 0.532. The molecule has 0 saturated heterocycles. The number of rotatable bonds is 5. The molecule has 0 fully saturated rings. The van der Waals surface area contributed by atoms with Crippen molar-refractivity contribution in [1.29, 1.82) is 0 Å². The van der Waals surface area contributed by atoms with Crippen LogP contribution in [-0.2, 0) is 5.54 Å². The number of benzene rings is 1. The van der Waals surface area contributed by atoms with Gasteiger partial charge < -0.3 is 19.9 Å². The van der Waals surface area contributed by atoms with Gasteiger partial charge in [-0.3, -0.25) is 9.78 Å². The van der Waals surface area contributed by atoms with Crippen molar-refractivity contribution in [1.82, 2.24) is 15.3 Å². The molecule has 33 heavy (non-hydrogen) atoms. The van der Waals surface area contributed by atoms with E-state index in [0.717, 1.165) is 23.5 Å². The van der Waals surface area contributed by atoms with Gasteiger partial charge in [0.2, 0.25) is 5.01 Å². The lowest BCUT2D eigenvalue weighted by atomic mass is 9.81. The third kappa shape index (κ3) is 4.44. The van der Waals surface area contributed by atoms with E-state index in [0.29, 0.717) is 0 Å². The third-order valence-corrected chi connectivity index (χ3v) is 5.64. The third-order valence-electron chi connectivity index (χ3n) is 4.81. The highest BCUT2D eigenvalue weighted by molar-refractivity contribution is 7.11. The Bertz CT molecular complexity index is 1230. The van der Waals surface area contributed by atoms with E-state index in [-0.39, 0.29) is 40.7 Å². The standard InChI is InChI=1S/C20H13F4N3O5S/c21-11-8-10(3-4-13(11)32-20(22,23)24)19(5-7-31-14-2-1-6-25-15(14)19)27-16(28)12-9-33-17(26-12)18(29)30/h1-4,6,8-9H,5,7H2,(H,27,28)(H,29,30). The Labute approximate surface area is 186 Å². The maximum absolute atomic E-state index is 14.6. The molecule has 8 nitrogen and oxygen atoms in total. The van der Waals surface area contributed by atoms with Crippen LogP contribution in [0.4, 0.5) is 17.6 Å². The van der Waals surface area contributed by atoms with Crippen molar-refractivity contribution in [3.05, 3.63) is 69.7 Å². The van der Waals surface area contributed by atoms with Crippen LogP contribution in [-0.4, -0.2) is 39.9 Å². The average Bonchev–Trinajstić information content (AvgIpc) is 3.25. The fraction of sp³-hybridized carbons (Fsp3) is 0.200. The van der Waals surface area contributed by atoms with Crippen LogP contribution >= 0.6 is 11.3 Å². The number of fused-ring (bicyclic) bond motifs is 1. The van der Waals surface area contributed by atoms with E-state index in [4.69, 9.17) is 9.84 Å². The molecule has 1 aromatic carbocycles. The van der Waals surface area contributed by atoms with Crippen molar-refractivity contribution in [2.75, 3.05) is 6.61 Å². The van der Waals surface area contributed by atoms with Gasteiger partial charge in [0.15, 0.2) is 11.6 Å². The number of hydrogen-bond acceptors (Lipinski definition) is 7. The highest BCUT2D eigenvalue weighted by Gasteiger charge is 2.43. The number of carboxylic acid groups (broad SMARTS) is 1. The molecule has 0 bridgehead atoms. The van der Waals surface area contributed by atoms with Gasteiger partial charge in [0.25, 0.3) is 5.91 Å². The second kappa shape index (κ2) is 8.31. The number of carbonyl (C=O) groups excluding carboxylic acids is 1. The number of ether oxygens (including phenoxy) is 2. The maximum atomic E-state index is 14.6. The van der Waals surface area contributed by atoms with Crippen LogP contribution in [0.3, 0.4) is 0 Å². The van der Waals surface area contributed by atoms with E-state index >= 15 is 0 Å². The van der Waals surface area contributed by atoms with Gasteiger partial charge in [0, 0.05) is 18.0 Å². The number of halogens is 4. The molecule has 2 N–H and O–H groups in total. The molecule has 1 aliphatic rings. The topological polar surface area (TPSA) is 111 Å². The van der Waals surface area contributed by atoms with E-state index in [1.807, 2.05) is 0 Å². The lowest BCUT2D eigenvalue weighted by Gasteiger charge is -2.38. The van der Waals surface area contributed by atoms with Crippen LogP contribution < -0.4 is 14.8 Å². The minimum absolute atomic E-state index is 0.0532. The number of nitrogens with zero attached hydrogens (tertiary/aromatic N) is 2. The number of carbonyl (C=O) groups is 2. The SMILES string of the molecule is O=C(NC1(c2ccc(OC(F)(F)F)c(F)c2)CCOc2cccnc21)c1csc(C(=O)O)n1. The molecule has 13 heteroatoms. The summed E-state index contributed by atoms with van der Waals surface area (Å²) >= 11 is 0.743. The van der Waals surface area contributed by atoms with Crippen LogP contribution in [0, 0.1) is 5.82 Å². The number of aromatic carboxylic acids is 1. The molecule has 4 rings (SSSR count). The highest BCUT2D eigenvalue weighted by Crippen LogP contribution is 2.42. The first kappa shape index (κ1) is 22.5. The van der Waals surface area contributed by atoms with Gasteiger partial charge >= 0.3 is 12.3 Å². The predicted molar refractivity (Wildman–Crippen MR) is 105 cm³/mol. The molecule has 1 aliphatic heterocycles. The molecule has 3 heterocycles. The molecule has 2 aromatic heterocycles. The fourth-order valence-electron chi connectivity index (χ4n) is 3.44. The molecular weight excluding hydrogens is 470 g/mol. The molecule has 1 amide bonds. The molecule has 0 spiro atoms. The second-order valence-electron chi connectivity index (χ2n) is 6.84. The Balaban J connectivity index is 1.79. The first-order chi connectivity index (χ1) is 15.6. The van der Waals surface area contributed by atoms with Crippen LogP contribution in [0.1, 0.15) is 38.0 Å². The summed E-state index contributed by atoms with van der Waals surface area (Å²) in [5.41, 5.74) is -1.42. The normalized spacial score (nSPS) is 17.6. The molecular formula is C20H13F4N3O5S. The monoisotopic (exact) mass is 483 g/mol. The summed E-state index contributed by atoms with van der Waals surface area (Å²) in [5, 5.41) is 12.7. The van der Waals surface area contributed by atoms with Crippen LogP contribution in [0.15, 0.2) is 41.9 Å². The van der Waals surface area contributed by atoms with Crippen LogP contribution in [0.25, 0.3) is 0 Å². The van der Waals surface area contributed by atoms with Crippen molar-refractivity contribution < 1.29 is 41.7 Å². The number of nitrogens with one attached hydrogen (secondary N) is 1.